The second kappa shape index (κ2) is 8.87. The number of rotatable bonds is 7. The fraction of sp³-hybridized carbons (Fsp3) is 0.150. The van der Waals surface area contributed by atoms with Crippen LogP contribution < -0.4 is 16.0 Å². The predicted molar refractivity (Wildman–Crippen MR) is 105 cm³/mol. The van der Waals surface area contributed by atoms with E-state index in [9.17, 15) is 23.9 Å². The zero-order chi connectivity index (χ0) is 20.8. The summed E-state index contributed by atoms with van der Waals surface area (Å²) >= 11 is 0. The molecule has 0 aliphatic heterocycles. The van der Waals surface area contributed by atoms with Crippen LogP contribution in [-0.4, -0.2) is 40.6 Å². The highest BCUT2D eigenvalue weighted by atomic mass is 19.1. The maximum absolute atomic E-state index is 13.5. The monoisotopic (exact) mass is 398 g/mol. The summed E-state index contributed by atoms with van der Waals surface area (Å²) in [5.41, 5.74) is 1.59. The Balaban J connectivity index is 1.55. The fourth-order valence-electron chi connectivity index (χ4n) is 2.85. The van der Waals surface area contributed by atoms with Crippen LogP contribution in [0.25, 0.3) is 10.9 Å². The molecule has 3 amide bonds. The summed E-state index contributed by atoms with van der Waals surface area (Å²) in [4.78, 5) is 38.5. The van der Waals surface area contributed by atoms with Gasteiger partial charge in [-0.25, -0.2) is 14.0 Å². The summed E-state index contributed by atoms with van der Waals surface area (Å²) < 4.78 is 13.5. The topological polar surface area (TPSA) is 123 Å². The third-order valence-electron chi connectivity index (χ3n) is 4.26. The van der Waals surface area contributed by atoms with Crippen LogP contribution in [0.2, 0.25) is 0 Å². The van der Waals surface area contributed by atoms with Gasteiger partial charge >= 0.3 is 12.0 Å². The Morgan fingerprint density at radius 2 is 1.79 bits per heavy atom. The molecular formula is C20H19FN4O4. The van der Waals surface area contributed by atoms with E-state index in [0.717, 1.165) is 16.5 Å². The van der Waals surface area contributed by atoms with Crippen LogP contribution in [-0.2, 0) is 16.0 Å². The van der Waals surface area contributed by atoms with E-state index in [-0.39, 0.29) is 12.1 Å². The molecule has 2 aromatic carbocycles. The van der Waals surface area contributed by atoms with Crippen LogP contribution in [0, 0.1) is 5.82 Å². The number of anilines is 1. The number of carbonyl (C=O) groups is 3. The first kappa shape index (κ1) is 19.9. The first-order valence-electron chi connectivity index (χ1n) is 8.80. The molecule has 5 N–H and O–H groups in total. The standard InChI is InChI=1S/C20H19FN4O4/c21-14-6-2-4-8-16(14)24-18(26)11-23-20(29)25-17(19(27)28)9-12-10-22-15-7-3-1-5-13(12)15/h1-8,10,17,22H,9,11H2,(H,24,26)(H,27,28)(H2,23,25,29)/t17-/m1/s1. The van der Waals surface area contributed by atoms with Crippen LogP contribution in [0.15, 0.2) is 54.7 Å². The van der Waals surface area contributed by atoms with Crippen molar-refractivity contribution in [1.82, 2.24) is 15.6 Å². The summed E-state index contributed by atoms with van der Waals surface area (Å²) in [6.07, 6.45) is 1.76. The number of halogens is 1. The molecule has 0 fully saturated rings. The Morgan fingerprint density at radius 1 is 1.07 bits per heavy atom. The number of aromatic nitrogens is 1. The molecule has 0 spiro atoms. The molecule has 0 unspecified atom stereocenters. The number of carboxylic acids is 1. The smallest absolute Gasteiger partial charge is 0.326 e. The third kappa shape index (κ3) is 5.10. The molecule has 3 rings (SSSR count). The number of aliphatic carboxylic acids is 1. The normalized spacial score (nSPS) is 11.6. The van der Waals surface area contributed by atoms with E-state index in [4.69, 9.17) is 0 Å². The molecule has 1 aromatic heterocycles. The molecule has 29 heavy (non-hydrogen) atoms. The Labute approximate surface area is 165 Å². The zero-order valence-electron chi connectivity index (χ0n) is 15.2. The van der Waals surface area contributed by atoms with E-state index in [0.29, 0.717) is 0 Å². The SMILES string of the molecule is O=C(CNC(=O)N[C@H](Cc1c[nH]c2ccccc12)C(=O)O)Nc1ccccc1F. The van der Waals surface area contributed by atoms with E-state index < -0.39 is 36.3 Å². The van der Waals surface area contributed by atoms with Crippen LogP contribution in [0.4, 0.5) is 14.9 Å². The lowest BCUT2D eigenvalue weighted by Gasteiger charge is -2.15. The van der Waals surface area contributed by atoms with Crippen molar-refractivity contribution < 1.29 is 23.9 Å². The molecule has 0 radical (unpaired) electrons. The van der Waals surface area contributed by atoms with E-state index in [1.807, 2.05) is 24.3 Å². The van der Waals surface area contributed by atoms with Gasteiger partial charge in [0.1, 0.15) is 11.9 Å². The molecule has 150 valence electrons. The maximum atomic E-state index is 13.5. The molecular weight excluding hydrogens is 379 g/mol. The number of nitrogens with one attached hydrogen (secondary N) is 4. The Morgan fingerprint density at radius 3 is 2.55 bits per heavy atom. The molecule has 1 heterocycles. The second-order valence-electron chi connectivity index (χ2n) is 6.31. The molecule has 0 saturated heterocycles. The van der Waals surface area contributed by atoms with Crippen molar-refractivity contribution in [3.8, 4) is 0 Å². The Kier molecular flexibility index (Phi) is 6.08. The largest absolute Gasteiger partial charge is 0.480 e. The summed E-state index contributed by atoms with van der Waals surface area (Å²) in [5, 5.41) is 17.2. The highest BCUT2D eigenvalue weighted by Crippen LogP contribution is 2.19. The molecule has 1 atom stereocenters. The number of urea groups is 1. The Bertz CT molecular complexity index is 1050. The lowest BCUT2D eigenvalue weighted by molar-refractivity contribution is -0.139. The highest BCUT2D eigenvalue weighted by Gasteiger charge is 2.22. The number of carbonyl (C=O) groups excluding carboxylic acids is 2. The highest BCUT2D eigenvalue weighted by molar-refractivity contribution is 5.95. The quantitative estimate of drug-likeness (QED) is 0.419. The van der Waals surface area contributed by atoms with E-state index in [2.05, 4.69) is 20.9 Å². The number of H-pyrrole nitrogens is 1. The van der Waals surface area contributed by atoms with Gasteiger partial charge in [0, 0.05) is 23.5 Å². The number of carboxylic acid groups (broad SMARTS) is 1. The number of para-hydroxylation sites is 2. The van der Waals surface area contributed by atoms with Crippen molar-refractivity contribution in [3.63, 3.8) is 0 Å². The van der Waals surface area contributed by atoms with Gasteiger partial charge in [0.15, 0.2) is 0 Å². The molecule has 0 saturated carbocycles. The number of hydrogen-bond acceptors (Lipinski definition) is 3. The van der Waals surface area contributed by atoms with Gasteiger partial charge in [-0.05, 0) is 23.8 Å². The lowest BCUT2D eigenvalue weighted by Crippen LogP contribution is -2.48. The van der Waals surface area contributed by atoms with Crippen LogP contribution >= 0.6 is 0 Å². The van der Waals surface area contributed by atoms with Gasteiger partial charge < -0.3 is 26.0 Å². The molecule has 0 aliphatic carbocycles. The minimum absolute atomic E-state index is 0.0116. The number of amides is 3. The Hall–Kier alpha value is -3.88. The second-order valence-corrected chi connectivity index (χ2v) is 6.31. The fourth-order valence-corrected chi connectivity index (χ4v) is 2.85. The summed E-state index contributed by atoms with van der Waals surface area (Å²) in [6, 6.07) is 11.0. The van der Waals surface area contributed by atoms with Crippen molar-refractivity contribution in [1.29, 1.82) is 0 Å². The van der Waals surface area contributed by atoms with Gasteiger partial charge in [-0.1, -0.05) is 30.3 Å². The molecule has 0 aliphatic rings. The van der Waals surface area contributed by atoms with E-state index >= 15 is 0 Å². The van der Waals surface area contributed by atoms with Crippen molar-refractivity contribution >= 4 is 34.5 Å². The minimum atomic E-state index is -1.21. The minimum Gasteiger partial charge on any atom is -0.480 e. The number of hydrogen-bond donors (Lipinski definition) is 5. The number of aromatic amines is 1. The number of benzene rings is 2. The van der Waals surface area contributed by atoms with Crippen molar-refractivity contribution in [2.45, 2.75) is 12.5 Å². The average molecular weight is 398 g/mol. The first-order chi connectivity index (χ1) is 13.9. The van der Waals surface area contributed by atoms with Crippen molar-refractivity contribution in [3.05, 3.63) is 66.1 Å². The van der Waals surface area contributed by atoms with Gasteiger partial charge in [-0.3, -0.25) is 4.79 Å². The van der Waals surface area contributed by atoms with Crippen molar-refractivity contribution in [2.24, 2.45) is 0 Å². The molecule has 3 aromatic rings. The average Bonchev–Trinajstić information content (AvgIpc) is 3.10. The molecule has 9 heteroatoms. The number of fused-ring (bicyclic) bond motifs is 1. The maximum Gasteiger partial charge on any atom is 0.326 e. The van der Waals surface area contributed by atoms with Gasteiger partial charge in [-0.2, -0.15) is 0 Å². The van der Waals surface area contributed by atoms with E-state index in [1.165, 1.54) is 18.2 Å². The van der Waals surface area contributed by atoms with Crippen molar-refractivity contribution in [2.75, 3.05) is 11.9 Å². The lowest BCUT2D eigenvalue weighted by atomic mass is 10.1. The molecule has 0 bridgehead atoms. The molecule has 8 nitrogen and oxygen atoms in total. The summed E-state index contributed by atoms with van der Waals surface area (Å²) in [6.45, 7) is -0.445. The summed E-state index contributed by atoms with van der Waals surface area (Å²) in [7, 11) is 0. The van der Waals surface area contributed by atoms with Gasteiger partial charge in [0.25, 0.3) is 0 Å². The third-order valence-corrected chi connectivity index (χ3v) is 4.26. The van der Waals surface area contributed by atoms with Gasteiger partial charge in [0.2, 0.25) is 5.91 Å². The van der Waals surface area contributed by atoms with Crippen LogP contribution in [0.1, 0.15) is 5.56 Å². The first-order valence-corrected chi connectivity index (χ1v) is 8.80. The zero-order valence-corrected chi connectivity index (χ0v) is 15.2. The summed E-state index contributed by atoms with van der Waals surface area (Å²) in [5.74, 6) is -2.45. The predicted octanol–water partition coefficient (Wildman–Crippen LogP) is 2.24. The van der Waals surface area contributed by atoms with Gasteiger partial charge in [0.05, 0.1) is 12.2 Å². The van der Waals surface area contributed by atoms with Crippen LogP contribution in [0.5, 0.6) is 0 Å². The van der Waals surface area contributed by atoms with Gasteiger partial charge in [-0.15, -0.1) is 0 Å². The van der Waals surface area contributed by atoms with Crippen LogP contribution in [0.3, 0.4) is 0 Å². The van der Waals surface area contributed by atoms with E-state index in [1.54, 1.807) is 12.3 Å².